The van der Waals surface area contributed by atoms with Crippen molar-refractivity contribution >= 4 is 17.6 Å². The monoisotopic (exact) mass is 320 g/mol. The maximum atomic E-state index is 14.1. The van der Waals surface area contributed by atoms with Gasteiger partial charge in [0.15, 0.2) is 0 Å². The molecule has 2 aliphatic heterocycles. The molecular formula is C16H21FN4O2. The van der Waals surface area contributed by atoms with Crippen molar-refractivity contribution in [1.82, 2.24) is 16.0 Å². The predicted octanol–water partition coefficient (Wildman–Crippen LogP) is 1.08. The SMILES string of the molecule is CC1CCNCC1NC(=O)c1cc(N2CCNC2=O)ccc1F. The second-order valence-corrected chi connectivity index (χ2v) is 6.10. The molecule has 2 heterocycles. The Hall–Kier alpha value is -2.15. The third-order valence-electron chi connectivity index (χ3n) is 4.51. The van der Waals surface area contributed by atoms with Crippen LogP contribution >= 0.6 is 0 Å². The van der Waals surface area contributed by atoms with E-state index in [2.05, 4.69) is 22.9 Å². The Labute approximate surface area is 134 Å². The molecule has 0 aromatic heterocycles. The lowest BCUT2D eigenvalue weighted by Crippen LogP contribution is -2.50. The normalized spacial score (nSPS) is 24.4. The summed E-state index contributed by atoms with van der Waals surface area (Å²) in [5, 5.41) is 8.81. The molecule has 23 heavy (non-hydrogen) atoms. The fourth-order valence-corrected chi connectivity index (χ4v) is 3.00. The van der Waals surface area contributed by atoms with Crippen molar-refractivity contribution in [2.45, 2.75) is 19.4 Å². The number of urea groups is 1. The standard InChI is InChI=1S/C16H21FN4O2/c1-10-4-5-18-9-14(10)20-15(22)12-8-11(2-3-13(12)17)21-7-6-19-16(21)23/h2-3,8,10,14,18H,4-7,9H2,1H3,(H,19,23)(H,20,22). The summed E-state index contributed by atoms with van der Waals surface area (Å²) < 4.78 is 14.1. The topological polar surface area (TPSA) is 73.5 Å². The van der Waals surface area contributed by atoms with Gasteiger partial charge in [0, 0.05) is 31.4 Å². The Morgan fingerprint density at radius 3 is 2.91 bits per heavy atom. The number of carbonyl (C=O) groups is 2. The zero-order chi connectivity index (χ0) is 16.4. The van der Waals surface area contributed by atoms with Gasteiger partial charge in [-0.2, -0.15) is 0 Å². The van der Waals surface area contributed by atoms with Crippen molar-refractivity contribution in [3.63, 3.8) is 0 Å². The molecule has 3 N–H and O–H groups in total. The van der Waals surface area contributed by atoms with Crippen LogP contribution in [0.1, 0.15) is 23.7 Å². The van der Waals surface area contributed by atoms with Crippen molar-refractivity contribution in [3.8, 4) is 0 Å². The van der Waals surface area contributed by atoms with Crippen LogP contribution in [0.2, 0.25) is 0 Å². The Morgan fingerprint density at radius 2 is 2.22 bits per heavy atom. The molecule has 1 aromatic rings. The van der Waals surface area contributed by atoms with Gasteiger partial charge in [-0.1, -0.05) is 6.92 Å². The molecule has 0 bridgehead atoms. The number of hydrogen-bond donors (Lipinski definition) is 3. The molecule has 2 saturated heterocycles. The van der Waals surface area contributed by atoms with Gasteiger partial charge in [0.25, 0.3) is 5.91 Å². The smallest absolute Gasteiger partial charge is 0.321 e. The van der Waals surface area contributed by atoms with E-state index in [0.29, 0.717) is 31.2 Å². The highest BCUT2D eigenvalue weighted by Crippen LogP contribution is 2.21. The largest absolute Gasteiger partial charge is 0.348 e. The van der Waals surface area contributed by atoms with Gasteiger partial charge >= 0.3 is 6.03 Å². The number of hydrogen-bond acceptors (Lipinski definition) is 3. The van der Waals surface area contributed by atoms with Crippen LogP contribution in [0.4, 0.5) is 14.9 Å². The van der Waals surface area contributed by atoms with E-state index in [9.17, 15) is 14.0 Å². The molecule has 1 aromatic carbocycles. The number of piperidine rings is 1. The van der Waals surface area contributed by atoms with E-state index >= 15 is 0 Å². The number of amides is 3. The maximum absolute atomic E-state index is 14.1. The third kappa shape index (κ3) is 3.29. The zero-order valence-electron chi connectivity index (χ0n) is 13.1. The van der Waals surface area contributed by atoms with Gasteiger partial charge in [0.05, 0.1) is 5.56 Å². The van der Waals surface area contributed by atoms with Crippen molar-refractivity contribution in [2.75, 3.05) is 31.1 Å². The van der Waals surface area contributed by atoms with Gasteiger partial charge in [-0.15, -0.1) is 0 Å². The third-order valence-corrected chi connectivity index (χ3v) is 4.51. The minimum Gasteiger partial charge on any atom is -0.348 e. The van der Waals surface area contributed by atoms with Crippen molar-refractivity contribution in [3.05, 3.63) is 29.6 Å². The Kier molecular flexibility index (Phi) is 4.47. The molecule has 0 aliphatic carbocycles. The molecule has 0 saturated carbocycles. The van der Waals surface area contributed by atoms with E-state index in [0.717, 1.165) is 13.0 Å². The van der Waals surface area contributed by atoms with Gasteiger partial charge < -0.3 is 16.0 Å². The van der Waals surface area contributed by atoms with Crippen LogP contribution in [-0.2, 0) is 0 Å². The van der Waals surface area contributed by atoms with E-state index in [1.54, 1.807) is 0 Å². The highest BCUT2D eigenvalue weighted by Gasteiger charge is 2.26. The van der Waals surface area contributed by atoms with Gasteiger partial charge in [0.2, 0.25) is 0 Å². The maximum Gasteiger partial charge on any atom is 0.321 e. The van der Waals surface area contributed by atoms with Crippen LogP contribution in [0.3, 0.4) is 0 Å². The number of nitrogens with zero attached hydrogens (tertiary/aromatic N) is 1. The van der Waals surface area contributed by atoms with Crippen molar-refractivity contribution in [2.24, 2.45) is 5.92 Å². The molecular weight excluding hydrogens is 299 g/mol. The minimum absolute atomic E-state index is 0.0191. The van der Waals surface area contributed by atoms with Crippen molar-refractivity contribution < 1.29 is 14.0 Å². The average Bonchev–Trinajstić information content (AvgIpc) is 2.96. The molecule has 2 unspecified atom stereocenters. The lowest BCUT2D eigenvalue weighted by Gasteiger charge is -2.30. The highest BCUT2D eigenvalue weighted by atomic mass is 19.1. The summed E-state index contributed by atoms with van der Waals surface area (Å²) in [6, 6.07) is 3.94. The van der Waals surface area contributed by atoms with Gasteiger partial charge in [-0.3, -0.25) is 9.69 Å². The summed E-state index contributed by atoms with van der Waals surface area (Å²) in [5.74, 6) is -0.678. The number of benzene rings is 1. The summed E-state index contributed by atoms with van der Waals surface area (Å²) in [7, 11) is 0. The molecule has 0 spiro atoms. The number of carbonyl (C=O) groups excluding carboxylic acids is 2. The predicted molar refractivity (Wildman–Crippen MR) is 85.0 cm³/mol. The lowest BCUT2D eigenvalue weighted by molar-refractivity contribution is 0.0911. The molecule has 2 aliphatic rings. The molecule has 6 nitrogen and oxygen atoms in total. The second kappa shape index (κ2) is 6.54. The van der Waals surface area contributed by atoms with E-state index in [1.165, 1.54) is 23.1 Å². The first-order valence-electron chi connectivity index (χ1n) is 7.93. The molecule has 3 amide bonds. The molecule has 124 valence electrons. The summed E-state index contributed by atoms with van der Waals surface area (Å²) in [6.07, 6.45) is 0.974. The van der Waals surface area contributed by atoms with Crippen LogP contribution in [-0.4, -0.2) is 44.2 Å². The fourth-order valence-electron chi connectivity index (χ4n) is 3.00. The van der Waals surface area contributed by atoms with Crippen LogP contribution in [0.5, 0.6) is 0 Å². The summed E-state index contributed by atoms with van der Waals surface area (Å²) in [5.41, 5.74) is 0.501. The molecule has 2 fully saturated rings. The van der Waals surface area contributed by atoms with Gasteiger partial charge in [-0.25, -0.2) is 9.18 Å². The Balaban J connectivity index is 1.78. The Bertz CT molecular complexity index is 622. The van der Waals surface area contributed by atoms with Crippen LogP contribution in [0.15, 0.2) is 18.2 Å². The van der Waals surface area contributed by atoms with E-state index < -0.39 is 11.7 Å². The fraction of sp³-hybridized carbons (Fsp3) is 0.500. The molecule has 7 heteroatoms. The van der Waals surface area contributed by atoms with Crippen molar-refractivity contribution in [1.29, 1.82) is 0 Å². The van der Waals surface area contributed by atoms with Crippen LogP contribution < -0.4 is 20.9 Å². The number of halogens is 1. The van der Waals surface area contributed by atoms with E-state index in [4.69, 9.17) is 0 Å². The van der Waals surface area contributed by atoms with E-state index in [1.807, 2.05) is 0 Å². The molecule has 2 atom stereocenters. The minimum atomic E-state index is -0.581. The van der Waals surface area contributed by atoms with Gasteiger partial charge in [0.1, 0.15) is 5.82 Å². The number of nitrogens with one attached hydrogen (secondary N) is 3. The summed E-state index contributed by atoms with van der Waals surface area (Å²) >= 11 is 0. The van der Waals surface area contributed by atoms with E-state index in [-0.39, 0.29) is 17.6 Å². The number of anilines is 1. The molecule has 3 rings (SSSR count). The first kappa shape index (κ1) is 15.7. The quantitative estimate of drug-likeness (QED) is 0.780. The summed E-state index contributed by atoms with van der Waals surface area (Å²) in [4.78, 5) is 25.6. The van der Waals surface area contributed by atoms with Crippen LogP contribution in [0.25, 0.3) is 0 Å². The lowest BCUT2D eigenvalue weighted by atomic mass is 9.94. The van der Waals surface area contributed by atoms with Gasteiger partial charge in [-0.05, 0) is 37.1 Å². The molecule has 0 radical (unpaired) electrons. The second-order valence-electron chi connectivity index (χ2n) is 6.10. The summed E-state index contributed by atoms with van der Waals surface area (Å²) in [6.45, 7) is 4.75. The first-order chi connectivity index (χ1) is 11.1. The number of rotatable bonds is 3. The first-order valence-corrected chi connectivity index (χ1v) is 7.93. The Morgan fingerprint density at radius 1 is 1.39 bits per heavy atom. The van der Waals surface area contributed by atoms with Crippen LogP contribution in [0, 0.1) is 11.7 Å². The highest BCUT2D eigenvalue weighted by molar-refractivity contribution is 5.98. The zero-order valence-corrected chi connectivity index (χ0v) is 13.1. The average molecular weight is 320 g/mol.